The van der Waals surface area contributed by atoms with Crippen molar-refractivity contribution in [2.45, 2.75) is 18.6 Å². The normalized spacial score (nSPS) is 31.9. The first-order valence-electron chi connectivity index (χ1n) is 3.09. The third-order valence-electron chi connectivity index (χ3n) is 1.30. The van der Waals surface area contributed by atoms with E-state index in [1.54, 1.807) is 0 Å². The lowest BCUT2D eigenvalue weighted by Gasteiger charge is -2.02. The van der Waals surface area contributed by atoms with Crippen molar-refractivity contribution >= 4 is 23.5 Å². The molecule has 0 aromatic heterocycles. The fraction of sp³-hybridized carbons (Fsp3) is 1.00. The van der Waals surface area contributed by atoms with E-state index in [2.05, 4.69) is 30.4 Å². The van der Waals surface area contributed by atoms with Crippen LogP contribution in [-0.4, -0.2) is 22.5 Å². The van der Waals surface area contributed by atoms with E-state index in [4.69, 9.17) is 0 Å². The van der Waals surface area contributed by atoms with E-state index in [-0.39, 0.29) is 0 Å². The topological polar surface area (TPSA) is 0 Å². The highest BCUT2D eigenvalue weighted by molar-refractivity contribution is 8.03. The first kappa shape index (κ1) is 6.81. The summed E-state index contributed by atoms with van der Waals surface area (Å²) in [5.74, 6) is 4.12. The summed E-state index contributed by atoms with van der Waals surface area (Å²) in [5.41, 5.74) is 0. The van der Waals surface area contributed by atoms with Crippen molar-refractivity contribution in [1.29, 1.82) is 0 Å². The van der Waals surface area contributed by atoms with Crippen molar-refractivity contribution in [1.82, 2.24) is 0 Å². The zero-order chi connectivity index (χ0) is 5.82. The molecule has 0 radical (unpaired) electrons. The van der Waals surface area contributed by atoms with Crippen LogP contribution in [0.2, 0.25) is 0 Å². The van der Waals surface area contributed by atoms with E-state index in [9.17, 15) is 0 Å². The van der Waals surface area contributed by atoms with Gasteiger partial charge >= 0.3 is 0 Å². The van der Waals surface area contributed by atoms with Crippen molar-refractivity contribution in [3.63, 3.8) is 0 Å². The zero-order valence-corrected chi connectivity index (χ0v) is 6.86. The molecule has 48 valence electrons. The highest BCUT2D eigenvalue weighted by atomic mass is 32.2. The summed E-state index contributed by atoms with van der Waals surface area (Å²) in [6.07, 6.45) is 1.41. The van der Waals surface area contributed by atoms with Gasteiger partial charge in [0.05, 0.1) is 0 Å². The molecular formula is C6H12S2. The summed E-state index contributed by atoms with van der Waals surface area (Å²) >= 11 is 4.22. The molecule has 1 saturated heterocycles. The minimum absolute atomic E-state index is 0.921. The maximum atomic E-state index is 2.33. The summed E-state index contributed by atoms with van der Waals surface area (Å²) in [7, 11) is 0. The summed E-state index contributed by atoms with van der Waals surface area (Å²) in [6, 6.07) is 0. The molecule has 1 fully saturated rings. The summed E-state index contributed by atoms with van der Waals surface area (Å²) in [4.78, 5) is 0. The molecule has 1 aliphatic rings. The molecule has 0 saturated carbocycles. The van der Waals surface area contributed by atoms with Gasteiger partial charge in [-0.25, -0.2) is 0 Å². The van der Waals surface area contributed by atoms with Crippen LogP contribution < -0.4 is 0 Å². The lowest BCUT2D eigenvalue weighted by molar-refractivity contribution is 0.922. The van der Waals surface area contributed by atoms with E-state index >= 15 is 0 Å². The quantitative estimate of drug-likeness (QED) is 0.517. The molecule has 0 N–H and O–H groups in total. The Kier molecular flexibility index (Phi) is 3.13. The second-order valence-corrected chi connectivity index (χ2v) is 4.85. The van der Waals surface area contributed by atoms with Crippen LogP contribution in [0, 0.1) is 0 Å². The number of hydrogen-bond acceptors (Lipinski definition) is 2. The Morgan fingerprint density at radius 1 is 1.25 bits per heavy atom. The highest BCUT2D eigenvalue weighted by Crippen LogP contribution is 2.22. The molecule has 1 unspecified atom stereocenters. The maximum absolute atomic E-state index is 2.33. The van der Waals surface area contributed by atoms with Crippen LogP contribution in [0.25, 0.3) is 0 Å². The third kappa shape index (κ3) is 2.31. The molecule has 0 spiro atoms. The molecule has 0 aromatic carbocycles. The average molecular weight is 148 g/mol. The van der Waals surface area contributed by atoms with E-state index in [0.29, 0.717) is 0 Å². The molecule has 1 aliphatic heterocycles. The van der Waals surface area contributed by atoms with Crippen molar-refractivity contribution in [2.75, 3.05) is 17.3 Å². The van der Waals surface area contributed by atoms with Gasteiger partial charge in [0.1, 0.15) is 0 Å². The molecule has 0 amide bonds. The summed E-state index contributed by atoms with van der Waals surface area (Å²) in [5, 5.41) is 0.921. The predicted molar refractivity (Wildman–Crippen MR) is 43.9 cm³/mol. The van der Waals surface area contributed by atoms with E-state index in [1.165, 1.54) is 23.7 Å². The Morgan fingerprint density at radius 3 is 3.00 bits per heavy atom. The van der Waals surface area contributed by atoms with Gasteiger partial charge in [-0.1, -0.05) is 6.92 Å². The van der Waals surface area contributed by atoms with Gasteiger partial charge in [0.2, 0.25) is 0 Å². The van der Waals surface area contributed by atoms with Crippen LogP contribution in [0.1, 0.15) is 13.3 Å². The van der Waals surface area contributed by atoms with Crippen LogP contribution >= 0.6 is 23.5 Å². The van der Waals surface area contributed by atoms with E-state index < -0.39 is 0 Å². The first-order valence-corrected chi connectivity index (χ1v) is 5.29. The lowest BCUT2D eigenvalue weighted by atomic mass is 10.4. The van der Waals surface area contributed by atoms with Gasteiger partial charge in [-0.05, 0) is 12.2 Å². The van der Waals surface area contributed by atoms with Crippen molar-refractivity contribution in [2.24, 2.45) is 0 Å². The predicted octanol–water partition coefficient (Wildman–Crippen LogP) is 2.25. The standard InChI is InChI=1S/C6H12S2/c1-6-2-3-7-4-5-8-6/h6H,2-5H2,1H3. The average Bonchev–Trinajstić information content (AvgIpc) is 1.94. The fourth-order valence-electron chi connectivity index (χ4n) is 0.743. The Balaban J connectivity index is 2.17. The number of rotatable bonds is 0. The minimum Gasteiger partial charge on any atom is -0.161 e. The lowest BCUT2D eigenvalue weighted by Crippen LogP contribution is -1.94. The van der Waals surface area contributed by atoms with Gasteiger partial charge in [-0.3, -0.25) is 0 Å². The Labute approximate surface area is 59.8 Å². The molecule has 1 atom stereocenters. The summed E-state index contributed by atoms with van der Waals surface area (Å²) < 4.78 is 0. The molecule has 0 bridgehead atoms. The van der Waals surface area contributed by atoms with Crippen LogP contribution in [0.4, 0.5) is 0 Å². The SMILES string of the molecule is CC1CCSCCS1. The number of thioether (sulfide) groups is 2. The van der Waals surface area contributed by atoms with Crippen LogP contribution in [0.5, 0.6) is 0 Å². The van der Waals surface area contributed by atoms with E-state index in [1.807, 2.05) is 0 Å². The van der Waals surface area contributed by atoms with Crippen molar-refractivity contribution in [3.8, 4) is 0 Å². The highest BCUT2D eigenvalue weighted by Gasteiger charge is 2.05. The van der Waals surface area contributed by atoms with Gasteiger partial charge in [0, 0.05) is 16.8 Å². The van der Waals surface area contributed by atoms with Gasteiger partial charge in [-0.2, -0.15) is 23.5 Å². The Hall–Kier alpha value is 0.700. The molecule has 1 heterocycles. The van der Waals surface area contributed by atoms with E-state index in [0.717, 1.165) is 5.25 Å². The molecular weight excluding hydrogens is 136 g/mol. The second-order valence-electron chi connectivity index (χ2n) is 2.08. The molecule has 0 nitrogen and oxygen atoms in total. The minimum atomic E-state index is 0.921. The van der Waals surface area contributed by atoms with Gasteiger partial charge < -0.3 is 0 Å². The Morgan fingerprint density at radius 2 is 2.12 bits per heavy atom. The summed E-state index contributed by atoms with van der Waals surface area (Å²) in [6.45, 7) is 2.33. The Bertz CT molecular complexity index is 55.5. The largest absolute Gasteiger partial charge is 0.161 e. The number of hydrogen-bond donors (Lipinski definition) is 0. The van der Waals surface area contributed by atoms with Crippen molar-refractivity contribution in [3.05, 3.63) is 0 Å². The maximum Gasteiger partial charge on any atom is 0.00268 e. The van der Waals surface area contributed by atoms with Gasteiger partial charge in [0.15, 0.2) is 0 Å². The third-order valence-corrected chi connectivity index (χ3v) is 3.82. The fourth-order valence-corrected chi connectivity index (χ4v) is 3.16. The molecule has 0 aliphatic carbocycles. The van der Waals surface area contributed by atoms with Gasteiger partial charge in [-0.15, -0.1) is 0 Å². The molecule has 2 heteroatoms. The molecule has 8 heavy (non-hydrogen) atoms. The van der Waals surface area contributed by atoms with Gasteiger partial charge in [0.25, 0.3) is 0 Å². The first-order chi connectivity index (χ1) is 3.89. The monoisotopic (exact) mass is 148 g/mol. The smallest absolute Gasteiger partial charge is 0.00268 e. The van der Waals surface area contributed by atoms with Crippen LogP contribution in [0.15, 0.2) is 0 Å². The van der Waals surface area contributed by atoms with Crippen molar-refractivity contribution < 1.29 is 0 Å². The van der Waals surface area contributed by atoms with Crippen LogP contribution in [0.3, 0.4) is 0 Å². The molecule has 0 aromatic rings. The zero-order valence-electron chi connectivity index (χ0n) is 5.22. The van der Waals surface area contributed by atoms with Crippen LogP contribution in [-0.2, 0) is 0 Å². The second kappa shape index (κ2) is 3.67. The molecule has 1 rings (SSSR count).